The molecule has 0 saturated heterocycles. The van der Waals surface area contributed by atoms with E-state index in [1.165, 1.54) is 36.4 Å². The van der Waals surface area contributed by atoms with Gasteiger partial charge in [0.15, 0.2) is 0 Å². The first-order valence-corrected chi connectivity index (χ1v) is 6.33. The Bertz CT molecular complexity index is 742. The summed E-state index contributed by atoms with van der Waals surface area (Å²) in [7, 11) is 0. The molecule has 0 radical (unpaired) electrons. The van der Waals surface area contributed by atoms with Crippen molar-refractivity contribution in [1.29, 1.82) is 0 Å². The first-order chi connectivity index (χ1) is 10.5. The molecule has 0 bridgehead atoms. The third kappa shape index (κ3) is 3.66. The van der Waals surface area contributed by atoms with Crippen LogP contribution < -0.4 is 5.32 Å². The molecule has 0 aliphatic rings. The standard InChI is InChI=1S/C15H12N2O5/c18-14(9-10-4-1-2-7-13(10)17(21)22)16-12-6-3-5-11(8-12)15(19)20/h1-8H,9H2,(H,16,18)(H,19,20). The van der Waals surface area contributed by atoms with Crippen molar-refractivity contribution in [3.63, 3.8) is 0 Å². The number of nitrogens with zero attached hydrogens (tertiary/aromatic N) is 1. The molecule has 0 saturated carbocycles. The Balaban J connectivity index is 2.12. The second-order valence-electron chi connectivity index (χ2n) is 4.50. The summed E-state index contributed by atoms with van der Waals surface area (Å²) in [5.41, 5.74) is 0.531. The second-order valence-corrected chi connectivity index (χ2v) is 4.50. The smallest absolute Gasteiger partial charge is 0.335 e. The van der Waals surface area contributed by atoms with Crippen LogP contribution in [0.3, 0.4) is 0 Å². The zero-order valence-corrected chi connectivity index (χ0v) is 11.4. The van der Waals surface area contributed by atoms with Crippen LogP contribution in [0.5, 0.6) is 0 Å². The Morgan fingerprint density at radius 2 is 1.86 bits per heavy atom. The van der Waals surface area contributed by atoms with E-state index >= 15 is 0 Å². The minimum atomic E-state index is -1.10. The van der Waals surface area contributed by atoms with Gasteiger partial charge in [-0.25, -0.2) is 4.79 Å². The van der Waals surface area contributed by atoms with Crippen molar-refractivity contribution in [2.45, 2.75) is 6.42 Å². The number of carboxylic acid groups (broad SMARTS) is 1. The van der Waals surface area contributed by atoms with Gasteiger partial charge in [-0.05, 0) is 18.2 Å². The number of nitro groups is 1. The normalized spacial score (nSPS) is 10.0. The molecule has 0 spiro atoms. The van der Waals surface area contributed by atoms with Crippen LogP contribution in [0.2, 0.25) is 0 Å². The van der Waals surface area contributed by atoms with Crippen LogP contribution >= 0.6 is 0 Å². The average Bonchev–Trinajstić information content (AvgIpc) is 2.47. The summed E-state index contributed by atoms with van der Waals surface area (Å²) >= 11 is 0. The van der Waals surface area contributed by atoms with Gasteiger partial charge in [0.1, 0.15) is 0 Å². The Morgan fingerprint density at radius 1 is 1.14 bits per heavy atom. The van der Waals surface area contributed by atoms with Gasteiger partial charge >= 0.3 is 5.97 Å². The molecule has 0 aliphatic heterocycles. The molecule has 0 unspecified atom stereocenters. The van der Waals surface area contributed by atoms with Crippen LogP contribution in [-0.2, 0) is 11.2 Å². The van der Waals surface area contributed by atoms with Crippen LogP contribution in [-0.4, -0.2) is 21.9 Å². The number of carbonyl (C=O) groups is 2. The first-order valence-electron chi connectivity index (χ1n) is 6.33. The van der Waals surface area contributed by atoms with Crippen molar-refractivity contribution < 1.29 is 19.6 Å². The fraction of sp³-hybridized carbons (Fsp3) is 0.0667. The van der Waals surface area contributed by atoms with Gasteiger partial charge in [0.25, 0.3) is 5.69 Å². The molecule has 112 valence electrons. The van der Waals surface area contributed by atoms with Crippen molar-refractivity contribution >= 4 is 23.3 Å². The summed E-state index contributed by atoms with van der Waals surface area (Å²) < 4.78 is 0. The van der Waals surface area contributed by atoms with E-state index in [1.54, 1.807) is 12.1 Å². The maximum absolute atomic E-state index is 12.0. The fourth-order valence-electron chi connectivity index (χ4n) is 1.95. The first kappa shape index (κ1) is 15.2. The molecule has 0 atom stereocenters. The Morgan fingerprint density at radius 3 is 2.55 bits per heavy atom. The van der Waals surface area contributed by atoms with E-state index in [0.29, 0.717) is 11.3 Å². The van der Waals surface area contributed by atoms with Gasteiger partial charge in [-0.15, -0.1) is 0 Å². The van der Waals surface area contributed by atoms with Crippen molar-refractivity contribution in [1.82, 2.24) is 0 Å². The zero-order valence-electron chi connectivity index (χ0n) is 11.4. The molecule has 0 fully saturated rings. The van der Waals surface area contributed by atoms with Crippen molar-refractivity contribution in [2.24, 2.45) is 0 Å². The third-order valence-corrected chi connectivity index (χ3v) is 2.93. The number of rotatable bonds is 5. The lowest BCUT2D eigenvalue weighted by atomic mass is 10.1. The number of nitrogens with one attached hydrogen (secondary N) is 1. The SMILES string of the molecule is O=C(Cc1ccccc1[N+](=O)[O-])Nc1cccc(C(=O)O)c1. The van der Waals surface area contributed by atoms with Crippen molar-refractivity contribution in [3.8, 4) is 0 Å². The van der Waals surface area contributed by atoms with Gasteiger partial charge in [-0.1, -0.05) is 24.3 Å². The molecular formula is C15H12N2O5. The second kappa shape index (κ2) is 6.49. The summed E-state index contributed by atoms with van der Waals surface area (Å²) in [5, 5.41) is 22.3. The lowest BCUT2D eigenvalue weighted by Gasteiger charge is -2.06. The Labute approximate surface area is 125 Å². The topological polar surface area (TPSA) is 110 Å². The number of para-hydroxylation sites is 1. The molecule has 2 aromatic rings. The highest BCUT2D eigenvalue weighted by molar-refractivity contribution is 5.95. The van der Waals surface area contributed by atoms with Gasteiger partial charge in [-0.3, -0.25) is 14.9 Å². The number of amides is 1. The summed E-state index contributed by atoms with van der Waals surface area (Å²) in [5.74, 6) is -1.56. The van der Waals surface area contributed by atoms with E-state index in [0.717, 1.165) is 0 Å². The summed E-state index contributed by atoms with van der Waals surface area (Å²) in [6, 6.07) is 11.7. The maximum atomic E-state index is 12.0. The molecule has 7 nitrogen and oxygen atoms in total. The number of carboxylic acids is 1. The molecular weight excluding hydrogens is 288 g/mol. The molecule has 22 heavy (non-hydrogen) atoms. The van der Waals surface area contributed by atoms with Gasteiger partial charge in [-0.2, -0.15) is 0 Å². The summed E-state index contributed by atoms with van der Waals surface area (Å²) in [6.07, 6.45) is -0.172. The molecule has 2 aromatic carbocycles. The molecule has 0 aromatic heterocycles. The Kier molecular flexibility index (Phi) is 4.47. The predicted molar refractivity (Wildman–Crippen MR) is 78.8 cm³/mol. The fourth-order valence-corrected chi connectivity index (χ4v) is 1.95. The van der Waals surface area contributed by atoms with Crippen molar-refractivity contribution in [3.05, 3.63) is 69.8 Å². The number of anilines is 1. The molecule has 2 rings (SSSR count). The lowest BCUT2D eigenvalue weighted by Crippen LogP contribution is -2.15. The van der Waals surface area contributed by atoms with Crippen molar-refractivity contribution in [2.75, 3.05) is 5.32 Å². The van der Waals surface area contributed by atoms with Gasteiger partial charge < -0.3 is 10.4 Å². The monoisotopic (exact) mass is 300 g/mol. The lowest BCUT2D eigenvalue weighted by molar-refractivity contribution is -0.385. The summed E-state index contributed by atoms with van der Waals surface area (Å²) in [6.45, 7) is 0. The van der Waals surface area contributed by atoms with Gasteiger partial charge in [0.2, 0.25) is 5.91 Å². The number of hydrogen-bond donors (Lipinski definition) is 2. The Hall–Kier alpha value is -3.22. The minimum absolute atomic E-state index is 0.0449. The minimum Gasteiger partial charge on any atom is -0.478 e. The number of benzene rings is 2. The van der Waals surface area contributed by atoms with Crippen LogP contribution in [0.25, 0.3) is 0 Å². The highest BCUT2D eigenvalue weighted by Gasteiger charge is 2.15. The number of carbonyl (C=O) groups excluding carboxylic acids is 1. The average molecular weight is 300 g/mol. The quantitative estimate of drug-likeness (QED) is 0.651. The van der Waals surface area contributed by atoms with Gasteiger partial charge in [0, 0.05) is 17.3 Å². The number of hydrogen-bond acceptors (Lipinski definition) is 4. The van der Waals surface area contributed by atoms with E-state index in [2.05, 4.69) is 5.32 Å². The molecule has 7 heteroatoms. The summed E-state index contributed by atoms with van der Waals surface area (Å²) in [4.78, 5) is 33.2. The molecule has 0 aliphatic carbocycles. The maximum Gasteiger partial charge on any atom is 0.335 e. The van der Waals surface area contributed by atoms with E-state index in [9.17, 15) is 19.7 Å². The van der Waals surface area contributed by atoms with Gasteiger partial charge in [0.05, 0.1) is 16.9 Å². The van der Waals surface area contributed by atoms with E-state index in [4.69, 9.17) is 5.11 Å². The van der Waals surface area contributed by atoms with E-state index in [1.807, 2.05) is 0 Å². The molecule has 0 heterocycles. The van der Waals surface area contributed by atoms with Crippen LogP contribution in [0, 0.1) is 10.1 Å². The molecule has 2 N–H and O–H groups in total. The highest BCUT2D eigenvalue weighted by atomic mass is 16.6. The predicted octanol–water partition coefficient (Wildman–Crippen LogP) is 2.47. The van der Waals surface area contributed by atoms with Crippen LogP contribution in [0.1, 0.15) is 15.9 Å². The largest absolute Gasteiger partial charge is 0.478 e. The number of nitro benzene ring substituents is 1. The number of aromatic carboxylic acids is 1. The highest BCUT2D eigenvalue weighted by Crippen LogP contribution is 2.19. The zero-order chi connectivity index (χ0) is 16.1. The van der Waals surface area contributed by atoms with Crippen LogP contribution in [0.4, 0.5) is 11.4 Å². The molecule has 1 amide bonds. The van der Waals surface area contributed by atoms with E-state index < -0.39 is 16.8 Å². The third-order valence-electron chi connectivity index (χ3n) is 2.93. The van der Waals surface area contributed by atoms with Crippen LogP contribution in [0.15, 0.2) is 48.5 Å². The van der Waals surface area contributed by atoms with E-state index in [-0.39, 0.29) is 17.7 Å².